The van der Waals surface area contributed by atoms with Gasteiger partial charge in [-0.2, -0.15) is 0 Å². The van der Waals surface area contributed by atoms with Crippen molar-refractivity contribution < 1.29 is 0 Å². The fourth-order valence-electron chi connectivity index (χ4n) is 0.514. The van der Waals surface area contributed by atoms with Crippen LogP contribution in [0.5, 0.6) is 0 Å². The molecule has 1 heteroatoms. The summed E-state index contributed by atoms with van der Waals surface area (Å²) in [6.45, 7) is 2.20. The molecule has 0 bridgehead atoms. The van der Waals surface area contributed by atoms with E-state index >= 15 is 0 Å². The molecule has 0 heterocycles. The molecule has 0 amide bonds. The van der Waals surface area contributed by atoms with Gasteiger partial charge in [-0.25, -0.2) is 0 Å². The van der Waals surface area contributed by atoms with E-state index in [1.807, 2.05) is 0 Å². The molecule has 0 N–H and O–H groups in total. The van der Waals surface area contributed by atoms with Crippen molar-refractivity contribution in [3.63, 3.8) is 0 Å². The van der Waals surface area contributed by atoms with E-state index in [0.717, 1.165) is 6.42 Å². The van der Waals surface area contributed by atoms with Crippen LogP contribution in [-0.2, 0) is 0 Å². The van der Waals surface area contributed by atoms with Gasteiger partial charge in [0.15, 0.2) is 0 Å². The minimum atomic E-state index is 1.06. The first-order valence-corrected chi connectivity index (χ1v) is 3.87. The van der Waals surface area contributed by atoms with Crippen LogP contribution in [0, 0.1) is 10.7 Å². The van der Waals surface area contributed by atoms with Crippen molar-refractivity contribution in [2.45, 2.75) is 32.6 Å². The SMILES string of the molecule is CCCCCC#C[Se-]. The normalized spacial score (nSPS) is 7.62. The maximum atomic E-state index is 2.98. The Morgan fingerprint density at radius 1 is 1.38 bits per heavy atom. The van der Waals surface area contributed by atoms with Gasteiger partial charge in [0.05, 0.1) is 0 Å². The second kappa shape index (κ2) is 7.08. The third kappa shape index (κ3) is 6.08. The van der Waals surface area contributed by atoms with E-state index in [2.05, 4.69) is 33.7 Å². The van der Waals surface area contributed by atoms with Crippen molar-refractivity contribution in [2.75, 3.05) is 0 Å². The van der Waals surface area contributed by atoms with Crippen LogP contribution in [0.2, 0.25) is 0 Å². The molecule has 0 aliphatic heterocycles. The van der Waals surface area contributed by atoms with Crippen molar-refractivity contribution in [3.05, 3.63) is 0 Å². The third-order valence-corrected chi connectivity index (χ3v) is 1.28. The standard InChI is InChI=1S/C7H12Se/c1-2-3-4-5-6-7-8/h8H,2-5H2,1H3/p-1. The van der Waals surface area contributed by atoms with Crippen LogP contribution in [-0.4, -0.2) is 16.0 Å². The van der Waals surface area contributed by atoms with Crippen LogP contribution in [0.15, 0.2) is 0 Å². The Labute approximate surface area is 59.9 Å². The zero-order valence-electron chi connectivity index (χ0n) is 5.24. The van der Waals surface area contributed by atoms with Crippen molar-refractivity contribution in [1.29, 1.82) is 0 Å². The molecule has 0 atom stereocenters. The second-order valence-corrected chi connectivity index (χ2v) is 2.16. The first-order chi connectivity index (χ1) is 3.91. The van der Waals surface area contributed by atoms with E-state index in [-0.39, 0.29) is 0 Å². The van der Waals surface area contributed by atoms with Gasteiger partial charge < -0.3 is 0 Å². The van der Waals surface area contributed by atoms with Gasteiger partial charge in [-0.05, 0) is 0 Å². The summed E-state index contributed by atoms with van der Waals surface area (Å²) < 4.78 is 0. The average molecular weight is 174 g/mol. The summed E-state index contributed by atoms with van der Waals surface area (Å²) in [6.07, 6.45) is 4.91. The third-order valence-electron chi connectivity index (χ3n) is 0.977. The molecule has 0 saturated carbocycles. The predicted octanol–water partition coefficient (Wildman–Crippen LogP) is 1.70. The maximum absolute atomic E-state index is 2.98. The van der Waals surface area contributed by atoms with Crippen LogP contribution in [0.25, 0.3) is 0 Å². The summed E-state index contributed by atoms with van der Waals surface area (Å²) in [6, 6.07) is 0. The zero-order valence-corrected chi connectivity index (χ0v) is 6.95. The molecule has 0 fully saturated rings. The molecule has 0 rings (SSSR count). The van der Waals surface area contributed by atoms with Gasteiger partial charge >= 0.3 is 59.4 Å². The Kier molecular flexibility index (Phi) is 7.15. The van der Waals surface area contributed by atoms with Crippen LogP contribution in [0.3, 0.4) is 0 Å². The summed E-state index contributed by atoms with van der Waals surface area (Å²) in [5.41, 5.74) is 0. The first kappa shape index (κ1) is 8.08. The topological polar surface area (TPSA) is 0 Å². The number of hydrogen-bond acceptors (Lipinski definition) is 0. The number of rotatable bonds is 3. The van der Waals surface area contributed by atoms with Crippen LogP contribution in [0.4, 0.5) is 0 Å². The Balaban J connectivity index is 2.79. The monoisotopic (exact) mass is 175 g/mol. The molecule has 46 valence electrons. The zero-order chi connectivity index (χ0) is 6.24. The molecular formula is C7H11Se-. The molecule has 0 aliphatic rings. The molecule has 0 aromatic rings. The summed E-state index contributed by atoms with van der Waals surface area (Å²) in [4.78, 5) is 2.75. The molecule has 0 unspecified atom stereocenters. The predicted molar refractivity (Wildman–Crippen MR) is 37.7 cm³/mol. The molecule has 0 nitrogen and oxygen atoms in total. The van der Waals surface area contributed by atoms with E-state index < -0.39 is 0 Å². The Morgan fingerprint density at radius 2 is 2.12 bits per heavy atom. The van der Waals surface area contributed by atoms with Crippen molar-refractivity contribution in [2.24, 2.45) is 0 Å². The second-order valence-electron chi connectivity index (χ2n) is 1.74. The van der Waals surface area contributed by atoms with Gasteiger partial charge in [0, 0.05) is 0 Å². The van der Waals surface area contributed by atoms with Crippen molar-refractivity contribution >= 4 is 16.0 Å². The molecule has 0 aliphatic carbocycles. The number of unbranched alkanes of at least 4 members (excludes halogenated alkanes) is 3. The van der Waals surface area contributed by atoms with E-state index in [1.165, 1.54) is 19.3 Å². The van der Waals surface area contributed by atoms with Crippen molar-refractivity contribution in [3.8, 4) is 10.7 Å². The molecule has 0 radical (unpaired) electrons. The first-order valence-electron chi connectivity index (χ1n) is 3.01. The van der Waals surface area contributed by atoms with Gasteiger partial charge in [-0.15, -0.1) is 0 Å². The summed E-state index contributed by atoms with van der Waals surface area (Å²) in [7, 11) is 0. The van der Waals surface area contributed by atoms with Gasteiger partial charge in [0.2, 0.25) is 0 Å². The van der Waals surface area contributed by atoms with Crippen LogP contribution >= 0.6 is 0 Å². The van der Waals surface area contributed by atoms with Gasteiger partial charge in [-0.1, -0.05) is 0 Å². The summed E-state index contributed by atoms with van der Waals surface area (Å²) in [5.74, 6) is 2.98. The van der Waals surface area contributed by atoms with E-state index in [1.54, 1.807) is 0 Å². The van der Waals surface area contributed by atoms with Gasteiger partial charge in [-0.3, -0.25) is 0 Å². The molecule has 0 aromatic heterocycles. The quantitative estimate of drug-likeness (QED) is 0.347. The fourth-order valence-corrected chi connectivity index (χ4v) is 0.729. The Morgan fingerprint density at radius 3 is 2.62 bits per heavy atom. The van der Waals surface area contributed by atoms with Gasteiger partial charge in [0.25, 0.3) is 0 Å². The van der Waals surface area contributed by atoms with Gasteiger partial charge in [0.1, 0.15) is 0 Å². The van der Waals surface area contributed by atoms with E-state index in [0.29, 0.717) is 0 Å². The number of hydrogen-bond donors (Lipinski definition) is 0. The summed E-state index contributed by atoms with van der Waals surface area (Å²) >= 11 is 2.66. The fraction of sp³-hybridized carbons (Fsp3) is 0.714. The van der Waals surface area contributed by atoms with E-state index in [4.69, 9.17) is 0 Å². The van der Waals surface area contributed by atoms with E-state index in [9.17, 15) is 0 Å². The minimum absolute atomic E-state index is 1.06. The Bertz CT molecular complexity index is 86.3. The Hall–Kier alpha value is 0.0795. The molecule has 0 saturated heterocycles. The molecule has 8 heavy (non-hydrogen) atoms. The van der Waals surface area contributed by atoms with Crippen LogP contribution in [0.1, 0.15) is 32.6 Å². The summed E-state index contributed by atoms with van der Waals surface area (Å²) in [5, 5.41) is 0. The molecule has 0 aromatic carbocycles. The molecular weight excluding hydrogens is 163 g/mol. The van der Waals surface area contributed by atoms with Crippen molar-refractivity contribution in [1.82, 2.24) is 0 Å². The molecule has 0 spiro atoms. The van der Waals surface area contributed by atoms with Crippen LogP contribution < -0.4 is 0 Å². The average Bonchev–Trinajstić information content (AvgIpc) is 1.81.